The van der Waals surface area contributed by atoms with Crippen LogP contribution in [-0.4, -0.2) is 24.3 Å². The summed E-state index contributed by atoms with van der Waals surface area (Å²) in [5.74, 6) is 0. The van der Waals surface area contributed by atoms with E-state index in [0.29, 0.717) is 0 Å². The van der Waals surface area contributed by atoms with Gasteiger partial charge in [0.25, 0.3) is 0 Å². The van der Waals surface area contributed by atoms with E-state index in [4.69, 9.17) is 5.73 Å². The van der Waals surface area contributed by atoms with E-state index in [1.54, 1.807) is 23.1 Å². The lowest BCUT2D eigenvalue weighted by Gasteiger charge is -2.09. The molecule has 0 aliphatic heterocycles. The van der Waals surface area contributed by atoms with Gasteiger partial charge in [0.2, 0.25) is 5.13 Å². The third-order valence-corrected chi connectivity index (χ3v) is 4.88. The lowest BCUT2D eigenvalue weighted by atomic mass is 10.1. The molecule has 102 valence electrons. The van der Waals surface area contributed by atoms with E-state index in [1.165, 1.54) is 5.56 Å². The van der Waals surface area contributed by atoms with Crippen LogP contribution >= 0.6 is 23.1 Å². The zero-order valence-electron chi connectivity index (χ0n) is 11.3. The molecule has 19 heavy (non-hydrogen) atoms. The second-order valence-corrected chi connectivity index (χ2v) is 6.71. The van der Waals surface area contributed by atoms with E-state index in [2.05, 4.69) is 41.4 Å². The summed E-state index contributed by atoms with van der Waals surface area (Å²) in [4.78, 5) is 3.12. The van der Waals surface area contributed by atoms with Crippen molar-refractivity contribution in [3.05, 3.63) is 29.8 Å². The third-order valence-electron chi connectivity index (χ3n) is 2.73. The number of benzene rings is 1. The van der Waals surface area contributed by atoms with Gasteiger partial charge in [0, 0.05) is 25.0 Å². The molecule has 0 spiro atoms. The zero-order valence-corrected chi connectivity index (χ0v) is 13.0. The van der Waals surface area contributed by atoms with Crippen LogP contribution in [0.3, 0.4) is 0 Å². The van der Waals surface area contributed by atoms with E-state index in [9.17, 15) is 0 Å². The van der Waals surface area contributed by atoms with Gasteiger partial charge >= 0.3 is 0 Å². The Morgan fingerprint density at radius 2 is 1.95 bits per heavy atom. The van der Waals surface area contributed by atoms with Crippen molar-refractivity contribution in [2.45, 2.75) is 28.6 Å². The minimum Gasteiger partial charge on any atom is -0.353 e. The predicted molar refractivity (Wildman–Crippen MR) is 82.0 cm³/mol. The fourth-order valence-corrected chi connectivity index (χ4v) is 3.28. The van der Waals surface area contributed by atoms with Gasteiger partial charge in [0.15, 0.2) is 4.34 Å². The number of nitrogens with two attached hydrogens (primary N) is 1. The summed E-state index contributed by atoms with van der Waals surface area (Å²) in [6.45, 7) is 2.09. The summed E-state index contributed by atoms with van der Waals surface area (Å²) < 4.78 is 0.955. The molecule has 0 unspecified atom stereocenters. The fraction of sp³-hybridized carbons (Fsp3) is 0.385. The Morgan fingerprint density at radius 1 is 1.26 bits per heavy atom. The van der Waals surface area contributed by atoms with Crippen LogP contribution < -0.4 is 10.6 Å². The minimum absolute atomic E-state index is 0.126. The molecule has 0 saturated heterocycles. The van der Waals surface area contributed by atoms with Crippen LogP contribution in [0.5, 0.6) is 0 Å². The standard InChI is InChI=1S/C13H18N4S2/c1-4-11(14)9-5-7-10(8-6-9)18-13-16-15-12(19-13)17(2)3/h5-8,11H,4,14H2,1-3H3/t11-/m1/s1. The summed E-state index contributed by atoms with van der Waals surface area (Å²) in [6, 6.07) is 8.48. The normalized spacial score (nSPS) is 12.4. The molecule has 0 saturated carbocycles. The molecule has 4 nitrogen and oxygen atoms in total. The van der Waals surface area contributed by atoms with Crippen molar-refractivity contribution >= 4 is 28.2 Å². The van der Waals surface area contributed by atoms with Crippen LogP contribution in [0.2, 0.25) is 0 Å². The molecule has 1 aromatic carbocycles. The van der Waals surface area contributed by atoms with Gasteiger partial charge in [0.1, 0.15) is 0 Å². The molecule has 2 rings (SSSR count). The number of aromatic nitrogens is 2. The Labute approximate surface area is 122 Å². The molecule has 2 N–H and O–H groups in total. The molecular formula is C13H18N4S2. The molecular weight excluding hydrogens is 276 g/mol. The Balaban J connectivity index is 2.06. The van der Waals surface area contributed by atoms with Gasteiger partial charge in [-0.1, -0.05) is 42.2 Å². The second kappa shape index (κ2) is 6.36. The highest BCUT2D eigenvalue weighted by Gasteiger charge is 2.08. The minimum atomic E-state index is 0.126. The number of hydrogen-bond acceptors (Lipinski definition) is 6. The van der Waals surface area contributed by atoms with Crippen LogP contribution in [0, 0.1) is 0 Å². The van der Waals surface area contributed by atoms with Gasteiger partial charge in [-0.3, -0.25) is 0 Å². The molecule has 0 aliphatic rings. The number of rotatable bonds is 5. The van der Waals surface area contributed by atoms with Crippen molar-refractivity contribution < 1.29 is 0 Å². The largest absolute Gasteiger partial charge is 0.353 e. The zero-order chi connectivity index (χ0) is 13.8. The Morgan fingerprint density at radius 3 is 2.47 bits per heavy atom. The molecule has 0 aliphatic carbocycles. The van der Waals surface area contributed by atoms with E-state index >= 15 is 0 Å². The number of nitrogens with zero attached hydrogens (tertiary/aromatic N) is 3. The van der Waals surface area contributed by atoms with E-state index in [0.717, 1.165) is 20.8 Å². The Kier molecular flexibility index (Phi) is 4.79. The van der Waals surface area contributed by atoms with Gasteiger partial charge in [-0.25, -0.2) is 0 Å². The molecule has 0 fully saturated rings. The highest BCUT2D eigenvalue weighted by Crippen LogP contribution is 2.33. The first-order valence-corrected chi connectivity index (χ1v) is 7.77. The Bertz CT molecular complexity index is 522. The maximum Gasteiger partial charge on any atom is 0.208 e. The van der Waals surface area contributed by atoms with Crippen molar-refractivity contribution in [3.63, 3.8) is 0 Å². The van der Waals surface area contributed by atoms with E-state index in [1.807, 2.05) is 19.0 Å². The topological polar surface area (TPSA) is 55.0 Å². The fourth-order valence-electron chi connectivity index (χ4n) is 1.54. The predicted octanol–water partition coefficient (Wildman–Crippen LogP) is 3.17. The first-order valence-electron chi connectivity index (χ1n) is 6.14. The highest BCUT2D eigenvalue weighted by molar-refractivity contribution is 8.01. The van der Waals surface area contributed by atoms with Crippen molar-refractivity contribution in [2.24, 2.45) is 5.73 Å². The summed E-state index contributed by atoms with van der Waals surface area (Å²) in [5.41, 5.74) is 7.18. The van der Waals surface area contributed by atoms with Gasteiger partial charge in [-0.05, 0) is 24.1 Å². The quantitative estimate of drug-likeness (QED) is 0.918. The molecule has 1 heterocycles. The monoisotopic (exact) mass is 294 g/mol. The molecule has 1 atom stereocenters. The summed E-state index contributed by atoms with van der Waals surface area (Å²) in [7, 11) is 3.94. The summed E-state index contributed by atoms with van der Waals surface area (Å²) >= 11 is 3.22. The van der Waals surface area contributed by atoms with Crippen molar-refractivity contribution in [1.29, 1.82) is 0 Å². The van der Waals surface area contributed by atoms with E-state index < -0.39 is 0 Å². The SMILES string of the molecule is CC[C@@H](N)c1ccc(Sc2nnc(N(C)C)s2)cc1. The summed E-state index contributed by atoms with van der Waals surface area (Å²) in [6.07, 6.45) is 0.953. The van der Waals surface area contributed by atoms with Crippen molar-refractivity contribution in [1.82, 2.24) is 10.2 Å². The smallest absolute Gasteiger partial charge is 0.208 e. The third kappa shape index (κ3) is 3.68. The lowest BCUT2D eigenvalue weighted by molar-refractivity contribution is 0.698. The van der Waals surface area contributed by atoms with Crippen molar-refractivity contribution in [2.75, 3.05) is 19.0 Å². The second-order valence-electron chi connectivity index (χ2n) is 4.43. The maximum atomic E-state index is 6.00. The first kappa shape index (κ1) is 14.3. The van der Waals surface area contributed by atoms with Crippen LogP contribution in [0.25, 0.3) is 0 Å². The van der Waals surface area contributed by atoms with Gasteiger partial charge < -0.3 is 10.6 Å². The molecule has 1 aromatic heterocycles. The molecule has 0 amide bonds. The van der Waals surface area contributed by atoms with Crippen LogP contribution in [0.1, 0.15) is 24.9 Å². The van der Waals surface area contributed by atoms with Gasteiger partial charge in [-0.2, -0.15) is 0 Å². The molecule has 0 radical (unpaired) electrons. The van der Waals surface area contributed by atoms with E-state index in [-0.39, 0.29) is 6.04 Å². The Hall–Kier alpha value is -1.11. The van der Waals surface area contributed by atoms with Crippen molar-refractivity contribution in [3.8, 4) is 0 Å². The highest BCUT2D eigenvalue weighted by atomic mass is 32.2. The maximum absolute atomic E-state index is 6.00. The number of anilines is 1. The summed E-state index contributed by atoms with van der Waals surface area (Å²) in [5, 5.41) is 9.22. The average Bonchev–Trinajstić information content (AvgIpc) is 2.87. The average molecular weight is 294 g/mol. The molecule has 2 aromatic rings. The molecule has 0 bridgehead atoms. The van der Waals surface area contributed by atoms with Gasteiger partial charge in [0.05, 0.1) is 0 Å². The van der Waals surface area contributed by atoms with Crippen LogP contribution in [0.15, 0.2) is 33.5 Å². The van der Waals surface area contributed by atoms with Crippen LogP contribution in [0.4, 0.5) is 5.13 Å². The first-order chi connectivity index (χ1) is 9.10. The van der Waals surface area contributed by atoms with Crippen LogP contribution in [-0.2, 0) is 0 Å². The molecule has 6 heteroatoms. The number of hydrogen-bond donors (Lipinski definition) is 1. The lowest BCUT2D eigenvalue weighted by Crippen LogP contribution is -2.07. The van der Waals surface area contributed by atoms with Gasteiger partial charge in [-0.15, -0.1) is 10.2 Å².